The quantitative estimate of drug-likeness (QED) is 0.503. The summed E-state index contributed by atoms with van der Waals surface area (Å²) in [5.74, 6) is 4.30. The van der Waals surface area contributed by atoms with Gasteiger partial charge in [-0.05, 0) is 5.56 Å². The summed E-state index contributed by atoms with van der Waals surface area (Å²) in [6, 6.07) is 8.97. The van der Waals surface area contributed by atoms with Gasteiger partial charge in [-0.25, -0.2) is 9.59 Å². The number of benzene rings is 1. The van der Waals surface area contributed by atoms with Crippen LogP contribution in [0.4, 0.5) is 4.79 Å². The maximum absolute atomic E-state index is 11.2. The van der Waals surface area contributed by atoms with Gasteiger partial charge < -0.3 is 14.8 Å². The summed E-state index contributed by atoms with van der Waals surface area (Å²) in [7, 11) is 2.51. The van der Waals surface area contributed by atoms with E-state index in [1.165, 1.54) is 14.2 Å². The molecule has 1 N–H and O–H groups in total. The van der Waals surface area contributed by atoms with Gasteiger partial charge in [0.05, 0.1) is 20.3 Å². The Balaban J connectivity index is 2.76. The first-order valence-electron chi connectivity index (χ1n) is 5.63. The van der Waals surface area contributed by atoms with Gasteiger partial charge in [-0.1, -0.05) is 36.3 Å². The van der Waals surface area contributed by atoms with Gasteiger partial charge in [0.25, 0.3) is 0 Å². The van der Waals surface area contributed by atoms with E-state index in [0.717, 1.165) is 5.56 Å². The van der Waals surface area contributed by atoms with Crippen LogP contribution in [0.2, 0.25) is 0 Å². The van der Waals surface area contributed by atoms with Crippen LogP contribution in [-0.2, 0) is 20.7 Å². The molecule has 0 bridgehead atoms. The molecule has 0 aliphatic rings. The van der Waals surface area contributed by atoms with Crippen molar-refractivity contribution >= 4 is 12.1 Å². The molecule has 1 aromatic carbocycles. The molecule has 1 aromatic rings. The monoisotopic (exact) mass is 261 g/mol. The Kier molecular flexibility index (Phi) is 5.96. The molecule has 0 aromatic heterocycles. The Hall–Kier alpha value is -2.48. The number of esters is 1. The zero-order chi connectivity index (χ0) is 14.1. The highest BCUT2D eigenvalue weighted by atomic mass is 16.5. The molecule has 5 heteroatoms. The van der Waals surface area contributed by atoms with Crippen LogP contribution >= 0.6 is 0 Å². The minimum Gasteiger partial charge on any atom is -0.459 e. The second-order valence-corrected chi connectivity index (χ2v) is 3.64. The van der Waals surface area contributed by atoms with Crippen molar-refractivity contribution in [3.8, 4) is 11.8 Å². The Morgan fingerprint density at radius 1 is 1.21 bits per heavy atom. The molecule has 1 rings (SSSR count). The van der Waals surface area contributed by atoms with Gasteiger partial charge in [0.15, 0.2) is 0 Å². The second-order valence-electron chi connectivity index (χ2n) is 3.64. The number of carbonyl (C=O) groups excluding carboxylic acids is 2. The number of carbonyl (C=O) groups is 2. The lowest BCUT2D eigenvalue weighted by Gasteiger charge is -2.12. The third-order valence-electron chi connectivity index (χ3n) is 2.29. The summed E-state index contributed by atoms with van der Waals surface area (Å²) in [6.07, 6.45) is -0.125. The van der Waals surface area contributed by atoms with Crippen LogP contribution in [0, 0.1) is 11.8 Å². The summed E-state index contributed by atoms with van der Waals surface area (Å²) in [5.41, 5.74) is 0.989. The topological polar surface area (TPSA) is 64.6 Å². The molecule has 1 atom stereocenters. The van der Waals surface area contributed by atoms with Gasteiger partial charge in [-0.15, -0.1) is 0 Å². The maximum atomic E-state index is 11.2. The van der Waals surface area contributed by atoms with E-state index in [0.29, 0.717) is 6.42 Å². The van der Waals surface area contributed by atoms with Crippen molar-refractivity contribution in [1.29, 1.82) is 0 Å². The Morgan fingerprint density at radius 3 is 2.47 bits per heavy atom. The molecule has 100 valence electrons. The predicted molar refractivity (Wildman–Crippen MR) is 69.3 cm³/mol. The van der Waals surface area contributed by atoms with Gasteiger partial charge in [-0.2, -0.15) is 0 Å². The van der Waals surface area contributed by atoms with E-state index in [9.17, 15) is 9.59 Å². The Morgan fingerprint density at radius 2 is 1.89 bits per heavy atom. The largest absolute Gasteiger partial charge is 0.459 e. The normalized spacial score (nSPS) is 10.6. The highest BCUT2D eigenvalue weighted by Gasteiger charge is 2.10. The average molecular weight is 261 g/mol. The maximum Gasteiger partial charge on any atom is 0.407 e. The van der Waals surface area contributed by atoms with E-state index in [1.807, 2.05) is 30.3 Å². The summed E-state index contributed by atoms with van der Waals surface area (Å²) in [6.45, 7) is 0. The van der Waals surface area contributed by atoms with Crippen molar-refractivity contribution in [2.45, 2.75) is 12.5 Å². The molecular formula is C14H15NO4. The summed E-state index contributed by atoms with van der Waals surface area (Å²) < 4.78 is 8.94. The highest BCUT2D eigenvalue weighted by molar-refractivity contribution is 5.88. The molecule has 0 aliphatic carbocycles. The molecule has 0 radical (unpaired) electrons. The second kappa shape index (κ2) is 7.77. The molecule has 0 spiro atoms. The molecule has 1 amide bonds. The minimum atomic E-state index is -0.648. The fourth-order valence-corrected chi connectivity index (χ4v) is 1.39. The van der Waals surface area contributed by atoms with Crippen molar-refractivity contribution in [3.05, 3.63) is 35.9 Å². The van der Waals surface area contributed by atoms with Gasteiger partial charge in [0, 0.05) is 12.3 Å². The minimum absolute atomic E-state index is 0.472. The van der Waals surface area contributed by atoms with E-state index in [4.69, 9.17) is 0 Å². The number of nitrogens with one attached hydrogen (secondary N) is 1. The number of hydrogen-bond acceptors (Lipinski definition) is 4. The Bertz CT molecular complexity index is 487. The number of amides is 1. The van der Waals surface area contributed by atoms with Gasteiger partial charge in [0.2, 0.25) is 0 Å². The van der Waals surface area contributed by atoms with E-state index < -0.39 is 18.1 Å². The van der Waals surface area contributed by atoms with E-state index in [1.54, 1.807) is 0 Å². The van der Waals surface area contributed by atoms with Crippen molar-refractivity contribution in [3.63, 3.8) is 0 Å². The predicted octanol–water partition coefficient (Wildman–Crippen LogP) is 1.13. The van der Waals surface area contributed by atoms with Gasteiger partial charge >= 0.3 is 12.1 Å². The van der Waals surface area contributed by atoms with E-state index >= 15 is 0 Å². The molecule has 19 heavy (non-hydrogen) atoms. The lowest BCUT2D eigenvalue weighted by Crippen LogP contribution is -2.35. The smallest absolute Gasteiger partial charge is 0.407 e. The first-order chi connectivity index (χ1) is 9.15. The lowest BCUT2D eigenvalue weighted by atomic mass is 10.1. The fraction of sp³-hybridized carbons (Fsp3) is 0.286. The van der Waals surface area contributed by atoms with Crippen LogP contribution < -0.4 is 5.32 Å². The number of hydrogen-bond donors (Lipinski definition) is 1. The molecular weight excluding hydrogens is 246 g/mol. The van der Waals surface area contributed by atoms with Crippen molar-refractivity contribution in [2.75, 3.05) is 14.2 Å². The molecule has 0 aliphatic heterocycles. The van der Waals surface area contributed by atoms with Crippen molar-refractivity contribution < 1.29 is 19.1 Å². The van der Waals surface area contributed by atoms with Crippen LogP contribution in [0.5, 0.6) is 0 Å². The standard InChI is InChI=1S/C14H15NO4/c1-18-13(16)9-8-12(15-14(17)19-2)10-11-6-4-3-5-7-11/h3-7,12H,10H2,1-2H3,(H,15,17)/t12-/m1/s1. The zero-order valence-electron chi connectivity index (χ0n) is 10.8. The summed E-state index contributed by atoms with van der Waals surface area (Å²) in [5, 5.41) is 2.55. The summed E-state index contributed by atoms with van der Waals surface area (Å²) in [4.78, 5) is 22.2. The first-order valence-corrected chi connectivity index (χ1v) is 5.63. The third-order valence-corrected chi connectivity index (χ3v) is 2.29. The number of rotatable bonds is 3. The highest BCUT2D eigenvalue weighted by Crippen LogP contribution is 2.03. The van der Waals surface area contributed by atoms with Crippen LogP contribution in [0.3, 0.4) is 0 Å². The fourth-order valence-electron chi connectivity index (χ4n) is 1.39. The van der Waals surface area contributed by atoms with Crippen LogP contribution in [0.1, 0.15) is 5.56 Å². The van der Waals surface area contributed by atoms with Crippen LogP contribution in [0.25, 0.3) is 0 Å². The molecule has 0 saturated carbocycles. The third kappa shape index (κ3) is 5.59. The lowest BCUT2D eigenvalue weighted by molar-refractivity contribution is -0.133. The number of alkyl carbamates (subject to hydrolysis) is 1. The molecule has 0 heterocycles. The van der Waals surface area contributed by atoms with Gasteiger partial charge in [-0.3, -0.25) is 0 Å². The molecule has 0 fully saturated rings. The van der Waals surface area contributed by atoms with Crippen LogP contribution in [-0.4, -0.2) is 32.3 Å². The number of ether oxygens (including phenoxy) is 2. The molecule has 0 saturated heterocycles. The zero-order valence-corrected chi connectivity index (χ0v) is 10.8. The SMILES string of the molecule is COC(=O)C#C[C@H](Cc1ccccc1)NC(=O)OC. The van der Waals surface area contributed by atoms with E-state index in [-0.39, 0.29) is 0 Å². The van der Waals surface area contributed by atoms with Crippen molar-refractivity contribution in [2.24, 2.45) is 0 Å². The number of methoxy groups -OCH3 is 2. The average Bonchev–Trinajstić information content (AvgIpc) is 2.45. The molecule has 0 unspecified atom stereocenters. The van der Waals surface area contributed by atoms with Crippen molar-refractivity contribution in [1.82, 2.24) is 5.32 Å². The summed E-state index contributed by atoms with van der Waals surface area (Å²) >= 11 is 0. The van der Waals surface area contributed by atoms with Gasteiger partial charge in [0.1, 0.15) is 0 Å². The Labute approximate surface area is 111 Å². The van der Waals surface area contributed by atoms with E-state index in [2.05, 4.69) is 26.6 Å². The first kappa shape index (κ1) is 14.6. The molecule has 5 nitrogen and oxygen atoms in total. The van der Waals surface area contributed by atoms with Crippen LogP contribution in [0.15, 0.2) is 30.3 Å².